The minimum Gasteiger partial charge on any atom is -0.490 e. The number of hydrazone groups is 1. The van der Waals surface area contributed by atoms with Gasteiger partial charge in [0.05, 0.1) is 18.4 Å². The Kier molecular flexibility index (Phi) is 8.15. The van der Waals surface area contributed by atoms with Gasteiger partial charge < -0.3 is 9.47 Å². The van der Waals surface area contributed by atoms with Crippen molar-refractivity contribution in [3.8, 4) is 11.5 Å². The van der Waals surface area contributed by atoms with Gasteiger partial charge >= 0.3 is 5.97 Å². The van der Waals surface area contributed by atoms with Gasteiger partial charge in [-0.1, -0.05) is 48.0 Å². The van der Waals surface area contributed by atoms with Crippen molar-refractivity contribution < 1.29 is 19.1 Å². The Morgan fingerprint density at radius 2 is 1.72 bits per heavy atom. The van der Waals surface area contributed by atoms with Gasteiger partial charge in [-0.3, -0.25) is 4.79 Å². The summed E-state index contributed by atoms with van der Waals surface area (Å²) in [5.41, 5.74) is 5.85. The molecule has 3 rings (SSSR count). The van der Waals surface area contributed by atoms with Crippen molar-refractivity contribution in [3.63, 3.8) is 0 Å². The molecule has 0 radical (unpaired) electrons. The molecule has 0 fully saturated rings. The lowest BCUT2D eigenvalue weighted by atomic mass is 10.1. The van der Waals surface area contributed by atoms with Gasteiger partial charge in [-0.15, -0.1) is 0 Å². The Morgan fingerprint density at radius 1 is 0.969 bits per heavy atom. The molecule has 3 aromatic carbocycles. The lowest BCUT2D eigenvalue weighted by Gasteiger charge is -2.11. The maximum Gasteiger partial charge on any atom is 0.343 e. The molecule has 32 heavy (non-hydrogen) atoms. The second-order valence-electron chi connectivity index (χ2n) is 7.17. The van der Waals surface area contributed by atoms with E-state index < -0.39 is 5.97 Å². The highest BCUT2D eigenvalue weighted by molar-refractivity contribution is 5.91. The van der Waals surface area contributed by atoms with E-state index in [9.17, 15) is 9.59 Å². The van der Waals surface area contributed by atoms with Gasteiger partial charge in [-0.25, -0.2) is 10.2 Å². The first-order valence-electron chi connectivity index (χ1n) is 10.5. The highest BCUT2D eigenvalue weighted by Crippen LogP contribution is 2.29. The van der Waals surface area contributed by atoms with Crippen LogP contribution in [0.15, 0.2) is 77.9 Å². The van der Waals surface area contributed by atoms with E-state index in [0.717, 1.165) is 11.1 Å². The second-order valence-corrected chi connectivity index (χ2v) is 7.17. The number of rotatable bonds is 9. The summed E-state index contributed by atoms with van der Waals surface area (Å²) in [6.45, 7) is 4.21. The number of esters is 1. The Labute approximate surface area is 187 Å². The van der Waals surface area contributed by atoms with Crippen molar-refractivity contribution in [2.45, 2.75) is 26.7 Å². The van der Waals surface area contributed by atoms with Gasteiger partial charge in [-0.2, -0.15) is 5.10 Å². The predicted octanol–water partition coefficient (Wildman–Crippen LogP) is 4.70. The topological polar surface area (TPSA) is 77.0 Å². The largest absolute Gasteiger partial charge is 0.490 e. The van der Waals surface area contributed by atoms with Crippen molar-refractivity contribution in [1.29, 1.82) is 0 Å². The first kappa shape index (κ1) is 22.7. The smallest absolute Gasteiger partial charge is 0.343 e. The minimum atomic E-state index is -0.460. The van der Waals surface area contributed by atoms with Crippen LogP contribution in [0, 0.1) is 6.92 Å². The highest BCUT2D eigenvalue weighted by atomic mass is 16.6. The average molecular weight is 431 g/mol. The van der Waals surface area contributed by atoms with Gasteiger partial charge in [0.25, 0.3) is 0 Å². The van der Waals surface area contributed by atoms with Gasteiger partial charge in [0.1, 0.15) is 0 Å². The van der Waals surface area contributed by atoms with E-state index in [-0.39, 0.29) is 5.91 Å². The van der Waals surface area contributed by atoms with Crippen LogP contribution in [0.5, 0.6) is 11.5 Å². The van der Waals surface area contributed by atoms with Crippen molar-refractivity contribution in [2.24, 2.45) is 5.10 Å². The molecule has 1 N–H and O–H groups in total. The number of carbonyl (C=O) groups excluding carboxylic acids is 2. The van der Waals surface area contributed by atoms with Gasteiger partial charge in [0.15, 0.2) is 11.5 Å². The van der Waals surface area contributed by atoms with E-state index in [1.54, 1.807) is 30.3 Å². The molecular weight excluding hydrogens is 404 g/mol. The Hall–Kier alpha value is -3.93. The monoisotopic (exact) mass is 430 g/mol. The predicted molar refractivity (Wildman–Crippen MR) is 124 cm³/mol. The second kappa shape index (κ2) is 11.5. The van der Waals surface area contributed by atoms with Gasteiger partial charge in [0.2, 0.25) is 5.91 Å². The summed E-state index contributed by atoms with van der Waals surface area (Å²) in [4.78, 5) is 24.4. The lowest BCUT2D eigenvalue weighted by molar-refractivity contribution is -0.121. The van der Waals surface area contributed by atoms with E-state index >= 15 is 0 Å². The Balaban J connectivity index is 1.60. The molecule has 164 valence electrons. The number of nitrogens with one attached hydrogen (secondary N) is 1. The summed E-state index contributed by atoms with van der Waals surface area (Å²) in [7, 11) is 0. The summed E-state index contributed by atoms with van der Waals surface area (Å²) in [5.74, 6) is 0.116. The van der Waals surface area contributed by atoms with Crippen LogP contribution >= 0.6 is 0 Å². The molecule has 0 bridgehead atoms. The Bertz CT molecular complexity index is 1080. The van der Waals surface area contributed by atoms with Crippen molar-refractivity contribution >= 4 is 18.1 Å². The number of nitrogens with zero attached hydrogens (tertiary/aromatic N) is 1. The van der Waals surface area contributed by atoms with Crippen molar-refractivity contribution in [3.05, 3.63) is 95.1 Å². The van der Waals surface area contributed by atoms with Crippen molar-refractivity contribution in [2.75, 3.05) is 6.61 Å². The molecule has 0 aliphatic heterocycles. The zero-order valence-electron chi connectivity index (χ0n) is 18.2. The summed E-state index contributed by atoms with van der Waals surface area (Å²) in [5, 5.41) is 4.01. The molecule has 1 amide bonds. The van der Waals surface area contributed by atoms with Gasteiger partial charge in [-0.05, 0) is 61.7 Å². The van der Waals surface area contributed by atoms with E-state index in [4.69, 9.17) is 9.47 Å². The van der Waals surface area contributed by atoms with Crippen LogP contribution in [-0.4, -0.2) is 24.7 Å². The van der Waals surface area contributed by atoms with E-state index in [1.807, 2.05) is 56.3 Å². The molecule has 0 aromatic heterocycles. The third-order valence-corrected chi connectivity index (χ3v) is 4.64. The quantitative estimate of drug-likeness (QED) is 0.231. The maximum absolute atomic E-state index is 12.4. The number of hydrogen-bond acceptors (Lipinski definition) is 5. The average Bonchev–Trinajstić information content (AvgIpc) is 2.80. The summed E-state index contributed by atoms with van der Waals surface area (Å²) >= 11 is 0. The molecule has 0 aliphatic carbocycles. The standard InChI is InChI=1S/C26H26N2O4/c1-3-31-24-17-21(18-27-28-25(29)16-12-20-7-5-4-6-8-20)11-15-23(24)32-26(30)22-13-9-19(2)10-14-22/h4-11,13-15,17-18H,3,12,16H2,1-2H3,(H,28,29)/b27-18+. The van der Waals surface area contributed by atoms with Crippen LogP contribution in [0.1, 0.15) is 40.4 Å². The van der Waals surface area contributed by atoms with Crippen LogP contribution in [0.4, 0.5) is 0 Å². The molecule has 0 heterocycles. The molecule has 0 saturated carbocycles. The summed E-state index contributed by atoms with van der Waals surface area (Å²) in [6, 6.07) is 22.1. The third-order valence-electron chi connectivity index (χ3n) is 4.64. The molecule has 0 aliphatic rings. The van der Waals surface area contributed by atoms with Crippen LogP contribution < -0.4 is 14.9 Å². The maximum atomic E-state index is 12.4. The number of ether oxygens (including phenoxy) is 2. The zero-order chi connectivity index (χ0) is 22.8. The van der Waals surface area contributed by atoms with Crippen LogP contribution in [-0.2, 0) is 11.2 Å². The van der Waals surface area contributed by atoms with Crippen LogP contribution in [0.25, 0.3) is 0 Å². The minimum absolute atomic E-state index is 0.168. The van der Waals surface area contributed by atoms with Crippen molar-refractivity contribution in [1.82, 2.24) is 5.43 Å². The normalized spacial score (nSPS) is 10.7. The first-order valence-corrected chi connectivity index (χ1v) is 10.5. The van der Waals surface area contributed by atoms with E-state index in [2.05, 4.69) is 10.5 Å². The fourth-order valence-corrected chi connectivity index (χ4v) is 2.94. The molecule has 0 unspecified atom stereocenters. The van der Waals surface area contributed by atoms with Crippen LogP contribution in [0.2, 0.25) is 0 Å². The summed E-state index contributed by atoms with van der Waals surface area (Å²) < 4.78 is 11.1. The SMILES string of the molecule is CCOc1cc(/C=N/NC(=O)CCc2ccccc2)ccc1OC(=O)c1ccc(C)cc1. The summed E-state index contributed by atoms with van der Waals surface area (Å²) in [6.07, 6.45) is 2.52. The lowest BCUT2D eigenvalue weighted by Crippen LogP contribution is -2.17. The third kappa shape index (κ3) is 6.80. The number of hydrogen-bond donors (Lipinski definition) is 1. The fraction of sp³-hybridized carbons (Fsp3) is 0.192. The fourth-order valence-electron chi connectivity index (χ4n) is 2.94. The molecule has 0 saturated heterocycles. The number of aryl methyl sites for hydroxylation is 2. The number of amides is 1. The molecule has 0 spiro atoms. The van der Waals surface area contributed by atoms with Gasteiger partial charge in [0, 0.05) is 6.42 Å². The first-order chi connectivity index (χ1) is 15.5. The molecule has 6 heteroatoms. The number of carbonyl (C=O) groups is 2. The van der Waals surface area contributed by atoms with E-state index in [1.165, 1.54) is 6.21 Å². The molecule has 3 aromatic rings. The van der Waals surface area contributed by atoms with E-state index in [0.29, 0.717) is 42.1 Å². The number of benzene rings is 3. The molecule has 0 atom stereocenters. The van der Waals surface area contributed by atoms with Crippen LogP contribution in [0.3, 0.4) is 0 Å². The molecule has 6 nitrogen and oxygen atoms in total. The Morgan fingerprint density at radius 3 is 2.44 bits per heavy atom. The molecular formula is C26H26N2O4. The zero-order valence-corrected chi connectivity index (χ0v) is 18.2. The highest BCUT2D eigenvalue weighted by Gasteiger charge is 2.13.